The first-order valence-corrected chi connectivity index (χ1v) is 8.57. The summed E-state index contributed by atoms with van der Waals surface area (Å²) in [6.45, 7) is 6.56. The van der Waals surface area contributed by atoms with Crippen LogP contribution >= 0.6 is 0 Å². The Morgan fingerprint density at radius 1 is 1.26 bits per heavy atom. The first-order valence-electron chi connectivity index (χ1n) is 8.57. The fourth-order valence-corrected chi connectivity index (χ4v) is 3.77. The molecule has 126 valence electrons. The van der Waals surface area contributed by atoms with Crippen LogP contribution in [0.3, 0.4) is 0 Å². The van der Waals surface area contributed by atoms with Crippen molar-refractivity contribution in [2.24, 2.45) is 11.8 Å². The first kappa shape index (κ1) is 16.0. The number of H-pyrrole nitrogens is 1. The van der Waals surface area contributed by atoms with Gasteiger partial charge < -0.3 is 10.2 Å². The van der Waals surface area contributed by atoms with Crippen LogP contribution in [0.1, 0.15) is 50.4 Å². The van der Waals surface area contributed by atoms with Crippen molar-refractivity contribution in [3.05, 3.63) is 11.4 Å². The summed E-state index contributed by atoms with van der Waals surface area (Å²) in [5, 5.41) is 9.89. The number of nitrogens with zero attached hydrogens (tertiary/aromatic N) is 2. The number of likely N-dealkylation sites (tertiary alicyclic amines) is 1. The monoisotopic (exact) mass is 318 g/mol. The molecule has 0 bridgehead atoms. The van der Waals surface area contributed by atoms with Gasteiger partial charge >= 0.3 is 0 Å². The Morgan fingerprint density at radius 3 is 2.57 bits per heavy atom. The van der Waals surface area contributed by atoms with Gasteiger partial charge in [-0.2, -0.15) is 5.10 Å². The lowest BCUT2D eigenvalue weighted by Crippen LogP contribution is -2.39. The smallest absolute Gasteiger partial charge is 0.229 e. The highest BCUT2D eigenvalue weighted by molar-refractivity contribution is 5.97. The van der Waals surface area contributed by atoms with Gasteiger partial charge in [0.05, 0.1) is 23.0 Å². The number of aromatic nitrogens is 2. The number of nitrogens with one attached hydrogen (secondary N) is 2. The maximum absolute atomic E-state index is 12.5. The molecule has 1 saturated carbocycles. The number of carbonyl (C=O) groups excluding carboxylic acids is 2. The fraction of sp³-hybridized carbons (Fsp3) is 0.706. The van der Waals surface area contributed by atoms with Crippen LogP contribution in [0, 0.1) is 25.7 Å². The van der Waals surface area contributed by atoms with Gasteiger partial charge in [0.1, 0.15) is 0 Å². The quantitative estimate of drug-likeness (QED) is 0.898. The molecule has 1 saturated heterocycles. The third-order valence-corrected chi connectivity index (χ3v) is 5.33. The van der Waals surface area contributed by atoms with E-state index in [4.69, 9.17) is 0 Å². The summed E-state index contributed by atoms with van der Waals surface area (Å²) >= 11 is 0. The van der Waals surface area contributed by atoms with Gasteiger partial charge in [-0.15, -0.1) is 0 Å². The second kappa shape index (κ2) is 6.34. The lowest BCUT2D eigenvalue weighted by atomic mass is 9.87. The summed E-state index contributed by atoms with van der Waals surface area (Å²) in [7, 11) is 0. The molecule has 2 N–H and O–H groups in total. The summed E-state index contributed by atoms with van der Waals surface area (Å²) in [6.07, 6.45) is 4.83. The summed E-state index contributed by atoms with van der Waals surface area (Å²) in [5.74, 6) is 0.564. The lowest BCUT2D eigenvalue weighted by molar-refractivity contribution is -0.130. The van der Waals surface area contributed by atoms with Gasteiger partial charge in [-0.3, -0.25) is 14.7 Å². The average molecular weight is 318 g/mol. The third kappa shape index (κ3) is 3.26. The molecule has 1 atom stereocenters. The van der Waals surface area contributed by atoms with Gasteiger partial charge in [-0.1, -0.05) is 6.92 Å². The normalized spacial score (nSPS) is 28.2. The van der Waals surface area contributed by atoms with Crippen LogP contribution in [0.4, 0.5) is 5.69 Å². The van der Waals surface area contributed by atoms with Crippen LogP contribution in [0.25, 0.3) is 0 Å². The largest absolute Gasteiger partial charge is 0.339 e. The van der Waals surface area contributed by atoms with Gasteiger partial charge in [0, 0.05) is 19.0 Å². The van der Waals surface area contributed by atoms with E-state index in [-0.39, 0.29) is 17.7 Å². The van der Waals surface area contributed by atoms with Crippen molar-refractivity contribution < 1.29 is 9.59 Å². The number of amides is 2. The molecule has 6 heteroatoms. The summed E-state index contributed by atoms with van der Waals surface area (Å²) in [6, 6.07) is 0.328. The van der Waals surface area contributed by atoms with Crippen molar-refractivity contribution in [2.75, 3.05) is 11.9 Å². The topological polar surface area (TPSA) is 78.1 Å². The summed E-state index contributed by atoms with van der Waals surface area (Å²) < 4.78 is 0. The highest BCUT2D eigenvalue weighted by Gasteiger charge is 2.38. The van der Waals surface area contributed by atoms with Crippen molar-refractivity contribution in [3.63, 3.8) is 0 Å². The molecule has 1 aliphatic carbocycles. The number of carbonyl (C=O) groups is 2. The van der Waals surface area contributed by atoms with Gasteiger partial charge in [0.25, 0.3) is 0 Å². The van der Waals surface area contributed by atoms with E-state index in [1.54, 1.807) is 0 Å². The molecule has 3 rings (SSSR count). The van der Waals surface area contributed by atoms with Crippen LogP contribution in [-0.2, 0) is 9.59 Å². The molecule has 2 aliphatic rings. The Morgan fingerprint density at radius 2 is 1.96 bits per heavy atom. The fourth-order valence-electron chi connectivity index (χ4n) is 3.77. The zero-order chi connectivity index (χ0) is 16.6. The Bertz CT molecular complexity index is 582. The Labute approximate surface area is 137 Å². The minimum atomic E-state index is -0.254. The van der Waals surface area contributed by atoms with Gasteiger partial charge in [0.15, 0.2) is 0 Å². The minimum absolute atomic E-state index is 0.0716. The molecule has 2 amide bonds. The van der Waals surface area contributed by atoms with E-state index < -0.39 is 0 Å². The van der Waals surface area contributed by atoms with Crippen molar-refractivity contribution in [1.29, 1.82) is 0 Å². The van der Waals surface area contributed by atoms with E-state index in [0.717, 1.165) is 35.8 Å². The molecule has 1 unspecified atom stereocenters. The maximum atomic E-state index is 12.5. The van der Waals surface area contributed by atoms with Gasteiger partial charge in [-0.05, 0) is 45.4 Å². The number of aromatic amines is 1. The van der Waals surface area contributed by atoms with Gasteiger partial charge in [0.2, 0.25) is 11.8 Å². The lowest BCUT2D eigenvalue weighted by Gasteiger charge is -2.33. The van der Waals surface area contributed by atoms with Crippen LogP contribution in [0.15, 0.2) is 0 Å². The summed E-state index contributed by atoms with van der Waals surface area (Å²) in [4.78, 5) is 26.8. The molecule has 23 heavy (non-hydrogen) atoms. The number of hydrogen-bond donors (Lipinski definition) is 2. The molecular formula is C17H26N4O2. The predicted molar refractivity (Wildman–Crippen MR) is 87.9 cm³/mol. The molecular weight excluding hydrogens is 292 g/mol. The van der Waals surface area contributed by atoms with E-state index >= 15 is 0 Å². The molecule has 1 aliphatic heterocycles. The molecule has 1 aromatic rings. The molecule has 2 fully saturated rings. The van der Waals surface area contributed by atoms with Crippen molar-refractivity contribution in [1.82, 2.24) is 15.1 Å². The molecule has 6 nitrogen and oxygen atoms in total. The Balaban J connectivity index is 1.62. The van der Waals surface area contributed by atoms with Crippen LogP contribution in [0.5, 0.6) is 0 Å². The number of hydrogen-bond acceptors (Lipinski definition) is 3. The number of anilines is 1. The molecule has 0 aromatic carbocycles. The van der Waals surface area contributed by atoms with E-state index in [9.17, 15) is 9.59 Å². The van der Waals surface area contributed by atoms with Crippen molar-refractivity contribution >= 4 is 17.5 Å². The van der Waals surface area contributed by atoms with Crippen LogP contribution in [-0.4, -0.2) is 39.5 Å². The third-order valence-electron chi connectivity index (χ3n) is 5.33. The van der Waals surface area contributed by atoms with Crippen molar-refractivity contribution in [3.8, 4) is 0 Å². The maximum Gasteiger partial charge on any atom is 0.229 e. The molecule has 0 spiro atoms. The second-order valence-corrected chi connectivity index (χ2v) is 7.16. The van der Waals surface area contributed by atoms with Gasteiger partial charge in [-0.25, -0.2) is 0 Å². The van der Waals surface area contributed by atoms with E-state index in [1.807, 2.05) is 18.7 Å². The Hall–Kier alpha value is -1.85. The summed E-state index contributed by atoms with van der Waals surface area (Å²) in [5.41, 5.74) is 2.36. The van der Waals surface area contributed by atoms with E-state index in [2.05, 4.69) is 22.4 Å². The Kier molecular flexibility index (Phi) is 4.41. The van der Waals surface area contributed by atoms with Crippen LogP contribution < -0.4 is 5.32 Å². The molecule has 0 radical (unpaired) electrons. The number of aryl methyl sites for hydroxylation is 2. The first-order chi connectivity index (χ1) is 11.0. The highest BCUT2D eigenvalue weighted by Crippen LogP contribution is 2.31. The molecule has 1 aromatic heterocycles. The minimum Gasteiger partial charge on any atom is -0.339 e. The van der Waals surface area contributed by atoms with E-state index in [0.29, 0.717) is 19.0 Å². The van der Waals surface area contributed by atoms with Crippen molar-refractivity contribution in [2.45, 2.75) is 58.9 Å². The zero-order valence-corrected chi connectivity index (χ0v) is 14.2. The second-order valence-electron chi connectivity index (χ2n) is 7.16. The standard InChI is InChI=1S/C17H26N4O2/c1-10-4-6-14(7-5-10)21-9-13(8-15(21)22)17(23)18-16-11(2)19-20-12(16)3/h10,13-14H,4-9H2,1-3H3,(H,18,23)(H,19,20). The zero-order valence-electron chi connectivity index (χ0n) is 14.2. The average Bonchev–Trinajstić information content (AvgIpc) is 3.05. The SMILES string of the molecule is Cc1n[nH]c(C)c1NC(=O)C1CC(=O)N(C2CCC(C)CC2)C1. The van der Waals surface area contributed by atoms with Crippen LogP contribution in [0.2, 0.25) is 0 Å². The highest BCUT2D eigenvalue weighted by atomic mass is 16.2. The van der Waals surface area contributed by atoms with E-state index in [1.165, 1.54) is 12.8 Å². The predicted octanol–water partition coefficient (Wildman–Crippen LogP) is 2.39. The number of rotatable bonds is 3. The molecule has 2 heterocycles.